The molecule has 2 aliphatic rings. The molecule has 4 N–H and O–H groups in total. The Labute approximate surface area is 451 Å². The SMILES string of the molecule is COc1ccc(N2C(=O)C3=C(c4ccccc4)N(c4ccc(C)cc4)C(=O)C3=C2c2ccccc2)cc1.COc1ccc(NC(=O)C(C(=O)c2ccccc2)C(C(=O)Nc2ccc(OC)cc2)C(=O)c2ccccc2)cc1.O. The van der Waals surface area contributed by atoms with Gasteiger partial charge in [-0.2, -0.15) is 0 Å². The average molecular weight is 1040 g/mol. The number of Topliss-reactive ketones (excluding diaryl/α,β-unsaturated/α-hetero) is 2. The van der Waals surface area contributed by atoms with Crippen LogP contribution in [-0.2, 0) is 19.2 Å². The number of carbonyl (C=O) groups excluding carboxylic acids is 6. The van der Waals surface area contributed by atoms with Gasteiger partial charge in [-0.3, -0.25) is 38.6 Å². The number of nitrogens with one attached hydrogen (secondary N) is 2. The zero-order chi connectivity index (χ0) is 54.0. The molecule has 14 heteroatoms. The number of ether oxygens (including phenoxy) is 3. The Morgan fingerprint density at radius 1 is 0.397 bits per heavy atom. The van der Waals surface area contributed by atoms with Gasteiger partial charge in [0.2, 0.25) is 11.8 Å². The molecular formula is C64H54N4O10. The van der Waals surface area contributed by atoms with Crippen molar-refractivity contribution >= 4 is 69.3 Å². The zero-order valence-corrected chi connectivity index (χ0v) is 43.0. The molecule has 0 aromatic heterocycles. The second kappa shape index (κ2) is 24.4. The van der Waals surface area contributed by atoms with E-state index in [1.165, 1.54) is 14.2 Å². The number of amides is 4. The second-order valence-electron chi connectivity index (χ2n) is 17.8. The molecule has 390 valence electrons. The summed E-state index contributed by atoms with van der Waals surface area (Å²) < 4.78 is 15.7. The molecule has 10 rings (SSSR count). The molecule has 0 fully saturated rings. The number of anilines is 4. The molecule has 0 aliphatic carbocycles. The fourth-order valence-corrected chi connectivity index (χ4v) is 9.16. The minimum absolute atomic E-state index is 0. The van der Waals surface area contributed by atoms with Gasteiger partial charge < -0.3 is 30.3 Å². The third-order valence-electron chi connectivity index (χ3n) is 13.0. The molecule has 0 saturated heterocycles. The monoisotopic (exact) mass is 1040 g/mol. The highest BCUT2D eigenvalue weighted by atomic mass is 16.5. The number of hydrogen-bond donors (Lipinski definition) is 2. The maximum atomic E-state index is 14.3. The topological polar surface area (TPSA) is 192 Å². The summed E-state index contributed by atoms with van der Waals surface area (Å²) in [5.74, 6) is -4.87. The number of ketones is 2. The van der Waals surface area contributed by atoms with E-state index < -0.39 is 35.2 Å². The lowest BCUT2D eigenvalue weighted by Crippen LogP contribution is -2.45. The number of rotatable bonds is 16. The van der Waals surface area contributed by atoms with Gasteiger partial charge >= 0.3 is 0 Å². The van der Waals surface area contributed by atoms with Crippen molar-refractivity contribution < 1.29 is 48.5 Å². The van der Waals surface area contributed by atoms with E-state index >= 15 is 0 Å². The fourth-order valence-electron chi connectivity index (χ4n) is 9.16. The van der Waals surface area contributed by atoms with Crippen molar-refractivity contribution in [2.24, 2.45) is 11.8 Å². The van der Waals surface area contributed by atoms with Crippen LogP contribution in [0.1, 0.15) is 37.4 Å². The van der Waals surface area contributed by atoms with Gasteiger partial charge in [-0.05, 0) is 103 Å². The average Bonchev–Trinajstić information content (AvgIpc) is 3.95. The molecule has 2 atom stereocenters. The number of nitrogens with zero attached hydrogens (tertiary/aromatic N) is 2. The second-order valence-corrected chi connectivity index (χ2v) is 17.8. The van der Waals surface area contributed by atoms with Crippen LogP contribution in [0.15, 0.2) is 230 Å². The molecule has 0 saturated carbocycles. The highest BCUT2D eigenvalue weighted by molar-refractivity contribution is 6.41. The van der Waals surface area contributed by atoms with E-state index in [4.69, 9.17) is 14.2 Å². The molecule has 78 heavy (non-hydrogen) atoms. The van der Waals surface area contributed by atoms with Crippen molar-refractivity contribution in [2.45, 2.75) is 6.92 Å². The molecule has 8 aromatic rings. The summed E-state index contributed by atoms with van der Waals surface area (Å²) in [4.78, 5) is 87.2. The lowest BCUT2D eigenvalue weighted by molar-refractivity contribution is -0.126. The Hall–Kier alpha value is -10.2. The van der Waals surface area contributed by atoms with Crippen LogP contribution in [0, 0.1) is 18.8 Å². The summed E-state index contributed by atoms with van der Waals surface area (Å²) in [5, 5.41) is 5.40. The number of hydrogen-bond acceptors (Lipinski definition) is 9. The van der Waals surface area contributed by atoms with Gasteiger partial charge in [0.15, 0.2) is 11.6 Å². The maximum absolute atomic E-state index is 14.3. The van der Waals surface area contributed by atoms with Gasteiger partial charge in [-0.25, -0.2) is 0 Å². The molecule has 2 aliphatic heterocycles. The van der Waals surface area contributed by atoms with Crippen molar-refractivity contribution in [3.8, 4) is 17.2 Å². The predicted molar refractivity (Wildman–Crippen MR) is 301 cm³/mol. The highest BCUT2D eigenvalue weighted by Gasteiger charge is 2.50. The number of methoxy groups -OCH3 is 3. The Kier molecular flexibility index (Phi) is 17.0. The van der Waals surface area contributed by atoms with Crippen LogP contribution < -0.4 is 34.6 Å². The lowest BCUT2D eigenvalue weighted by Gasteiger charge is -2.25. The summed E-state index contributed by atoms with van der Waals surface area (Å²) in [6.45, 7) is 2.01. The quantitative estimate of drug-likeness (QED) is 0.0700. The molecular weight excluding hydrogens is 985 g/mol. The van der Waals surface area contributed by atoms with Crippen LogP contribution in [0.5, 0.6) is 17.2 Å². The minimum atomic E-state index is -1.67. The minimum Gasteiger partial charge on any atom is -0.497 e. The van der Waals surface area contributed by atoms with Crippen molar-refractivity contribution in [1.29, 1.82) is 0 Å². The molecule has 2 heterocycles. The molecule has 0 bridgehead atoms. The van der Waals surface area contributed by atoms with Crippen LogP contribution in [0.3, 0.4) is 0 Å². The molecule has 0 radical (unpaired) electrons. The zero-order valence-electron chi connectivity index (χ0n) is 43.0. The van der Waals surface area contributed by atoms with Crippen LogP contribution in [0.25, 0.3) is 11.4 Å². The van der Waals surface area contributed by atoms with Crippen LogP contribution in [0.4, 0.5) is 22.7 Å². The number of benzene rings is 8. The number of fused-ring (bicyclic) bond motifs is 1. The van der Waals surface area contributed by atoms with Gasteiger partial charge in [-0.1, -0.05) is 139 Å². The first-order valence-corrected chi connectivity index (χ1v) is 24.6. The normalized spacial score (nSPS) is 13.3. The summed E-state index contributed by atoms with van der Waals surface area (Å²) in [6, 6.07) is 63.6. The number of aryl methyl sites for hydroxylation is 1. The first kappa shape index (κ1) is 54.1. The molecule has 4 amide bonds. The van der Waals surface area contributed by atoms with E-state index in [0.717, 1.165) is 22.4 Å². The van der Waals surface area contributed by atoms with E-state index in [9.17, 15) is 28.8 Å². The first-order valence-electron chi connectivity index (χ1n) is 24.6. The van der Waals surface area contributed by atoms with Gasteiger partial charge in [0, 0.05) is 33.9 Å². The van der Waals surface area contributed by atoms with Crippen LogP contribution >= 0.6 is 0 Å². The van der Waals surface area contributed by atoms with Crippen molar-refractivity contribution in [3.05, 3.63) is 257 Å². The van der Waals surface area contributed by atoms with Crippen molar-refractivity contribution in [3.63, 3.8) is 0 Å². The van der Waals surface area contributed by atoms with E-state index in [1.54, 1.807) is 126 Å². The van der Waals surface area contributed by atoms with E-state index in [-0.39, 0.29) is 28.4 Å². The predicted octanol–water partition coefficient (Wildman–Crippen LogP) is 10.7. The first-order chi connectivity index (χ1) is 37.5. The van der Waals surface area contributed by atoms with Crippen molar-refractivity contribution in [2.75, 3.05) is 41.8 Å². The standard InChI is InChI=1S/C32H28N2O6.C32H24N2O3.H2O/c1-39-25-17-13-23(14-18-25)33-31(37)27(29(35)21-9-5-3-6-10-21)28(30(36)22-11-7-4-8-12-22)32(38)34-24-15-19-26(40-2)20-16-24;1-21-13-15-24(16-14-21)33-29(22-9-5-3-6-10-22)27-28(31(33)35)30(23-11-7-4-8-12-23)34(32(27)36)25-17-19-26(37-2)20-18-25;/h3-20,27-28H,1-2H3,(H,33,37)(H,34,38);3-20H,1-2H3;1H2. The van der Waals surface area contributed by atoms with Crippen LogP contribution in [0.2, 0.25) is 0 Å². The van der Waals surface area contributed by atoms with Crippen molar-refractivity contribution in [1.82, 2.24) is 0 Å². The Bertz CT molecular complexity index is 3400. The maximum Gasteiger partial charge on any atom is 0.265 e. The third kappa shape index (κ3) is 11.4. The fraction of sp³-hybridized carbons (Fsp3) is 0.0938. The molecule has 2 unspecified atom stereocenters. The van der Waals surface area contributed by atoms with Gasteiger partial charge in [-0.15, -0.1) is 0 Å². The van der Waals surface area contributed by atoms with Crippen LogP contribution in [-0.4, -0.2) is 62.0 Å². The van der Waals surface area contributed by atoms with E-state index in [1.807, 2.05) is 116 Å². The summed E-state index contributed by atoms with van der Waals surface area (Å²) in [7, 11) is 4.64. The summed E-state index contributed by atoms with van der Waals surface area (Å²) in [5.41, 5.74) is 7.21. The Balaban J connectivity index is 0.000000204. The smallest absolute Gasteiger partial charge is 0.265 e. The molecule has 0 spiro atoms. The number of carbonyl (C=O) groups is 6. The van der Waals surface area contributed by atoms with Gasteiger partial charge in [0.25, 0.3) is 11.8 Å². The lowest BCUT2D eigenvalue weighted by atomic mass is 9.79. The Morgan fingerprint density at radius 2 is 0.692 bits per heavy atom. The molecule has 8 aromatic carbocycles. The molecule has 14 nitrogen and oxygen atoms in total. The largest absolute Gasteiger partial charge is 0.497 e. The van der Waals surface area contributed by atoms with E-state index in [2.05, 4.69) is 10.6 Å². The summed E-state index contributed by atoms with van der Waals surface area (Å²) in [6.07, 6.45) is 0. The Morgan fingerprint density at radius 3 is 1.01 bits per heavy atom. The summed E-state index contributed by atoms with van der Waals surface area (Å²) >= 11 is 0. The third-order valence-corrected chi connectivity index (χ3v) is 13.0. The van der Waals surface area contributed by atoms with E-state index in [0.29, 0.717) is 56.9 Å². The van der Waals surface area contributed by atoms with Gasteiger partial charge in [0.05, 0.1) is 43.9 Å². The highest BCUT2D eigenvalue weighted by Crippen LogP contribution is 2.49. The van der Waals surface area contributed by atoms with Gasteiger partial charge in [0.1, 0.15) is 29.1 Å².